The molecule has 1 heterocycles. The smallest absolute Gasteiger partial charge is 0.253 e. The Balaban J connectivity index is 1.46. The van der Waals surface area contributed by atoms with Gasteiger partial charge in [-0.3, -0.25) is 9.59 Å². The lowest BCUT2D eigenvalue weighted by atomic mass is 10.1. The molecule has 1 amide bonds. The van der Waals surface area contributed by atoms with Gasteiger partial charge in [-0.15, -0.1) is 0 Å². The highest BCUT2D eigenvalue weighted by Gasteiger charge is 2.12. The predicted molar refractivity (Wildman–Crippen MR) is 117 cm³/mol. The van der Waals surface area contributed by atoms with Gasteiger partial charge in [-0.1, -0.05) is 48.5 Å². The quantitative estimate of drug-likeness (QED) is 0.478. The Kier molecular flexibility index (Phi) is 7.54. The second kappa shape index (κ2) is 10.5. The fourth-order valence-electron chi connectivity index (χ4n) is 3.21. The highest BCUT2D eigenvalue weighted by atomic mass is 16.3. The van der Waals surface area contributed by atoms with Crippen molar-refractivity contribution in [3.63, 3.8) is 0 Å². The van der Waals surface area contributed by atoms with E-state index in [2.05, 4.69) is 10.3 Å². The maximum absolute atomic E-state index is 12.6. The number of aromatic nitrogens is 1. The molecule has 0 saturated heterocycles. The molecule has 0 radical (unpaired) electrons. The van der Waals surface area contributed by atoms with Gasteiger partial charge in [0.15, 0.2) is 0 Å². The van der Waals surface area contributed by atoms with Gasteiger partial charge < -0.3 is 20.3 Å². The van der Waals surface area contributed by atoms with E-state index in [1.165, 1.54) is 6.07 Å². The summed E-state index contributed by atoms with van der Waals surface area (Å²) >= 11 is 0. The Bertz CT molecular complexity index is 1000. The number of aliphatic hydroxyl groups excluding tert-OH is 1. The number of nitrogens with zero attached hydrogens (tertiary/aromatic N) is 1. The number of hydrogen-bond donors (Lipinski definition) is 3. The number of amides is 1. The first-order chi connectivity index (χ1) is 14.5. The second-order valence-electron chi connectivity index (χ2n) is 7.28. The van der Waals surface area contributed by atoms with Crippen LogP contribution in [0.5, 0.6) is 0 Å². The van der Waals surface area contributed by atoms with E-state index in [0.29, 0.717) is 24.3 Å². The molecule has 3 N–H and O–H groups in total. The Morgan fingerprint density at radius 2 is 1.77 bits per heavy atom. The summed E-state index contributed by atoms with van der Waals surface area (Å²) in [6, 6.07) is 22.0. The van der Waals surface area contributed by atoms with E-state index in [0.717, 1.165) is 24.1 Å². The van der Waals surface area contributed by atoms with E-state index in [4.69, 9.17) is 0 Å². The molecule has 0 aliphatic carbocycles. The Labute approximate surface area is 176 Å². The standard InChI is InChI=1S/C24H27N3O3/c1-27(17-21-8-5-9-23(29)26-21)24(30)20-12-10-18(11-13-20)14-15-25-16-22(28)19-6-3-2-4-7-19/h2-13,22,25,28H,14-17H2,1H3,(H,26,29)/t22-/m0/s1. The summed E-state index contributed by atoms with van der Waals surface area (Å²) in [7, 11) is 1.71. The number of carbonyl (C=O) groups excluding carboxylic acids is 1. The summed E-state index contributed by atoms with van der Waals surface area (Å²) in [6.45, 7) is 1.57. The number of H-pyrrole nitrogens is 1. The van der Waals surface area contributed by atoms with Crippen molar-refractivity contribution in [3.8, 4) is 0 Å². The zero-order chi connectivity index (χ0) is 21.3. The van der Waals surface area contributed by atoms with Crippen LogP contribution in [0.25, 0.3) is 0 Å². The van der Waals surface area contributed by atoms with Crippen molar-refractivity contribution in [1.82, 2.24) is 15.2 Å². The van der Waals surface area contributed by atoms with Crippen LogP contribution in [-0.4, -0.2) is 41.0 Å². The van der Waals surface area contributed by atoms with Crippen LogP contribution < -0.4 is 10.9 Å². The van der Waals surface area contributed by atoms with Gasteiger partial charge in [-0.25, -0.2) is 0 Å². The molecular weight excluding hydrogens is 378 g/mol. The number of benzene rings is 2. The molecule has 0 bridgehead atoms. The molecule has 0 spiro atoms. The van der Waals surface area contributed by atoms with Crippen LogP contribution >= 0.6 is 0 Å². The molecule has 0 fully saturated rings. The lowest BCUT2D eigenvalue weighted by molar-refractivity contribution is 0.0783. The summed E-state index contributed by atoms with van der Waals surface area (Å²) in [4.78, 5) is 28.3. The molecular formula is C24H27N3O3. The van der Waals surface area contributed by atoms with E-state index in [1.807, 2.05) is 54.6 Å². The van der Waals surface area contributed by atoms with Crippen molar-refractivity contribution < 1.29 is 9.90 Å². The summed E-state index contributed by atoms with van der Waals surface area (Å²) in [6.07, 6.45) is 0.276. The van der Waals surface area contributed by atoms with Crippen LogP contribution in [0.2, 0.25) is 0 Å². The fraction of sp³-hybridized carbons (Fsp3) is 0.250. The first kappa shape index (κ1) is 21.5. The normalized spacial score (nSPS) is 11.8. The average Bonchev–Trinajstić information content (AvgIpc) is 2.77. The third kappa shape index (κ3) is 6.14. The van der Waals surface area contributed by atoms with E-state index in [-0.39, 0.29) is 11.5 Å². The van der Waals surface area contributed by atoms with Crippen LogP contribution in [0.1, 0.15) is 33.3 Å². The van der Waals surface area contributed by atoms with Gasteiger partial charge in [0, 0.05) is 30.9 Å². The third-order valence-corrected chi connectivity index (χ3v) is 4.90. The molecule has 3 aromatic rings. The van der Waals surface area contributed by atoms with Crippen LogP contribution in [0.3, 0.4) is 0 Å². The molecule has 0 aliphatic heterocycles. The SMILES string of the molecule is CN(Cc1cccc(=O)[nH]1)C(=O)c1ccc(CCNC[C@H](O)c2ccccc2)cc1. The number of carbonyl (C=O) groups is 1. The van der Waals surface area contributed by atoms with E-state index < -0.39 is 6.10 Å². The van der Waals surface area contributed by atoms with Crippen LogP contribution in [0.4, 0.5) is 0 Å². The van der Waals surface area contributed by atoms with Gasteiger partial charge in [-0.2, -0.15) is 0 Å². The minimum Gasteiger partial charge on any atom is -0.387 e. The van der Waals surface area contributed by atoms with Gasteiger partial charge in [0.2, 0.25) is 5.56 Å². The van der Waals surface area contributed by atoms with Gasteiger partial charge >= 0.3 is 0 Å². The largest absolute Gasteiger partial charge is 0.387 e. The van der Waals surface area contributed by atoms with Crippen molar-refractivity contribution in [1.29, 1.82) is 0 Å². The molecule has 0 aliphatic rings. The van der Waals surface area contributed by atoms with Crippen molar-refractivity contribution >= 4 is 5.91 Å². The van der Waals surface area contributed by atoms with E-state index in [1.54, 1.807) is 24.1 Å². The van der Waals surface area contributed by atoms with E-state index in [9.17, 15) is 14.7 Å². The van der Waals surface area contributed by atoms with Crippen molar-refractivity contribution in [2.45, 2.75) is 19.1 Å². The average molecular weight is 405 g/mol. The van der Waals surface area contributed by atoms with Crippen molar-refractivity contribution in [2.24, 2.45) is 0 Å². The maximum atomic E-state index is 12.6. The van der Waals surface area contributed by atoms with Crippen molar-refractivity contribution in [3.05, 3.63) is 106 Å². The zero-order valence-electron chi connectivity index (χ0n) is 17.0. The van der Waals surface area contributed by atoms with Gasteiger partial charge in [0.05, 0.1) is 12.6 Å². The fourth-order valence-corrected chi connectivity index (χ4v) is 3.21. The molecule has 156 valence electrons. The highest BCUT2D eigenvalue weighted by Crippen LogP contribution is 2.11. The number of pyridine rings is 1. The maximum Gasteiger partial charge on any atom is 0.253 e. The molecule has 30 heavy (non-hydrogen) atoms. The second-order valence-corrected chi connectivity index (χ2v) is 7.28. The number of aromatic amines is 1. The number of rotatable bonds is 9. The molecule has 6 heteroatoms. The monoisotopic (exact) mass is 405 g/mol. The molecule has 6 nitrogen and oxygen atoms in total. The molecule has 2 aromatic carbocycles. The topological polar surface area (TPSA) is 85.4 Å². The summed E-state index contributed by atoms with van der Waals surface area (Å²) in [5.41, 5.74) is 3.13. The van der Waals surface area contributed by atoms with Gasteiger partial charge in [0.25, 0.3) is 5.91 Å². The number of nitrogens with one attached hydrogen (secondary N) is 2. The first-order valence-corrected chi connectivity index (χ1v) is 9.99. The Hall–Kier alpha value is -3.22. The molecule has 1 aromatic heterocycles. The highest BCUT2D eigenvalue weighted by molar-refractivity contribution is 5.94. The summed E-state index contributed by atoms with van der Waals surface area (Å²) in [5.74, 6) is -0.102. The molecule has 0 saturated carbocycles. The van der Waals surface area contributed by atoms with Crippen LogP contribution in [0.15, 0.2) is 77.6 Å². The van der Waals surface area contributed by atoms with Crippen molar-refractivity contribution in [2.75, 3.05) is 20.1 Å². The lowest BCUT2D eigenvalue weighted by Gasteiger charge is -2.17. The summed E-state index contributed by atoms with van der Waals surface area (Å²) < 4.78 is 0. The van der Waals surface area contributed by atoms with Gasteiger partial charge in [-0.05, 0) is 42.3 Å². The first-order valence-electron chi connectivity index (χ1n) is 9.99. The van der Waals surface area contributed by atoms with Crippen LogP contribution in [0, 0.1) is 0 Å². The van der Waals surface area contributed by atoms with Crippen LogP contribution in [-0.2, 0) is 13.0 Å². The summed E-state index contributed by atoms with van der Waals surface area (Å²) in [5, 5.41) is 13.4. The minimum absolute atomic E-state index is 0.102. The van der Waals surface area contributed by atoms with Gasteiger partial charge in [0.1, 0.15) is 0 Å². The minimum atomic E-state index is -0.527. The Morgan fingerprint density at radius 1 is 1.03 bits per heavy atom. The van der Waals surface area contributed by atoms with E-state index >= 15 is 0 Å². The zero-order valence-corrected chi connectivity index (χ0v) is 17.0. The molecule has 0 unspecified atom stereocenters. The number of aliphatic hydroxyl groups is 1. The predicted octanol–water partition coefficient (Wildman–Crippen LogP) is 2.51. The Morgan fingerprint density at radius 3 is 2.47 bits per heavy atom. The molecule has 1 atom stereocenters. The third-order valence-electron chi connectivity index (χ3n) is 4.90. The lowest BCUT2D eigenvalue weighted by Crippen LogP contribution is -2.27. The molecule has 3 rings (SSSR count). The number of hydrogen-bond acceptors (Lipinski definition) is 4.